The van der Waals surface area contributed by atoms with Crippen molar-refractivity contribution < 1.29 is 35.8 Å². The summed E-state index contributed by atoms with van der Waals surface area (Å²) in [6.07, 6.45) is -10.7. The van der Waals surface area contributed by atoms with Crippen LogP contribution in [-0.4, -0.2) is 73.8 Å². The maximum atomic E-state index is 14.0. The van der Waals surface area contributed by atoms with E-state index in [1.54, 1.807) is 0 Å². The van der Waals surface area contributed by atoms with Gasteiger partial charge in [-0.3, -0.25) is 10.2 Å². The van der Waals surface area contributed by atoms with E-state index in [0.717, 1.165) is 0 Å². The van der Waals surface area contributed by atoms with Gasteiger partial charge in [0.25, 0.3) is 0 Å². The number of halogens is 6. The van der Waals surface area contributed by atoms with E-state index < -0.39 is 54.9 Å². The summed E-state index contributed by atoms with van der Waals surface area (Å²) in [5, 5.41) is 3.01. The molecule has 0 saturated carbocycles. The van der Waals surface area contributed by atoms with Crippen LogP contribution in [0, 0.1) is 11.8 Å². The fourth-order valence-electron chi connectivity index (χ4n) is 5.41. The molecular weight excluding hydrogens is 444 g/mol. The van der Waals surface area contributed by atoms with Crippen molar-refractivity contribution in [3.63, 3.8) is 0 Å². The Hall–Kier alpha value is -0.700. The molecule has 0 aliphatic carbocycles. The molecule has 7 unspecified atom stereocenters. The van der Waals surface area contributed by atoms with E-state index in [1.807, 2.05) is 4.90 Å². The predicted molar refractivity (Wildman–Crippen MR) is 102 cm³/mol. The van der Waals surface area contributed by atoms with E-state index in [0.29, 0.717) is 45.4 Å². The van der Waals surface area contributed by atoms with Crippen molar-refractivity contribution in [2.45, 2.75) is 87.6 Å². The summed E-state index contributed by atoms with van der Waals surface area (Å²) in [7, 11) is 0. The van der Waals surface area contributed by atoms with Gasteiger partial charge in [-0.2, -0.15) is 26.3 Å². The van der Waals surface area contributed by atoms with E-state index in [9.17, 15) is 26.3 Å². The Morgan fingerprint density at radius 2 is 1.56 bits per heavy atom. The van der Waals surface area contributed by atoms with E-state index >= 15 is 0 Å². The molecule has 4 aliphatic heterocycles. The molecule has 0 aromatic carbocycles. The van der Waals surface area contributed by atoms with Crippen LogP contribution in [-0.2, 0) is 9.47 Å². The largest absolute Gasteiger partial charge is 0.395 e. The van der Waals surface area contributed by atoms with Crippen LogP contribution in [0.4, 0.5) is 26.3 Å². The number of ether oxygens (including phenoxy) is 2. The summed E-state index contributed by atoms with van der Waals surface area (Å²) < 4.78 is 94.1. The first-order valence-corrected chi connectivity index (χ1v) is 11.2. The van der Waals surface area contributed by atoms with E-state index in [1.165, 1.54) is 0 Å². The van der Waals surface area contributed by atoms with Gasteiger partial charge in [0.05, 0.1) is 37.3 Å². The molecule has 4 rings (SSSR count). The predicted octanol–water partition coefficient (Wildman–Crippen LogP) is 1.80. The first kappa shape index (κ1) is 24.4. The second kappa shape index (κ2) is 9.51. The number of nitrogens with one attached hydrogen (secondary N) is 3. The number of nitrogens with two attached hydrogens (primary N) is 1. The Bertz CT molecular complexity index is 638. The number of hydrazine groups is 1. The Balaban J connectivity index is 1.62. The number of hydrogen-bond acceptors (Lipinski definition) is 7. The Morgan fingerprint density at radius 1 is 0.875 bits per heavy atom. The van der Waals surface area contributed by atoms with Gasteiger partial charge < -0.3 is 15.2 Å². The van der Waals surface area contributed by atoms with E-state index in [-0.39, 0.29) is 18.9 Å². The average molecular weight is 475 g/mol. The van der Waals surface area contributed by atoms with Crippen molar-refractivity contribution in [1.82, 2.24) is 21.1 Å². The lowest BCUT2D eigenvalue weighted by atomic mass is 9.85. The molecule has 4 aliphatic rings. The fourth-order valence-corrected chi connectivity index (χ4v) is 5.41. The zero-order valence-electron chi connectivity index (χ0n) is 17.6. The van der Waals surface area contributed by atoms with Gasteiger partial charge in [-0.15, -0.1) is 0 Å². The number of hydrogen-bond donors (Lipinski definition) is 4. The molecule has 0 spiro atoms. The maximum absolute atomic E-state index is 14.0. The van der Waals surface area contributed by atoms with Gasteiger partial charge in [0.1, 0.15) is 12.5 Å². The smallest absolute Gasteiger partial charge is 0.378 e. The molecule has 32 heavy (non-hydrogen) atoms. The standard InChI is InChI=1S/C19H31F6N5O2/c20-18(21,22)11-5-3-1-2-4-10-9-31-7-6-30(10)15-12(19(23,24)25)8-13(26)14(27-15)17-29-28-16(11)32-17/h10-17,27-29H,1-9,26H2/t10-,11?,12?,13?,14?,15?,16?,17?/m1/s1. The first-order valence-electron chi connectivity index (χ1n) is 11.2. The van der Waals surface area contributed by atoms with Gasteiger partial charge in [0.15, 0.2) is 0 Å². The monoisotopic (exact) mass is 475 g/mol. The van der Waals surface area contributed by atoms with Crippen LogP contribution in [0.5, 0.6) is 0 Å². The lowest BCUT2D eigenvalue weighted by molar-refractivity contribution is -0.224. The van der Waals surface area contributed by atoms with Crippen molar-refractivity contribution in [2.24, 2.45) is 17.6 Å². The number of morpholine rings is 1. The zero-order chi connectivity index (χ0) is 23.1. The molecule has 4 saturated heterocycles. The first-order chi connectivity index (χ1) is 15.1. The molecule has 7 nitrogen and oxygen atoms in total. The molecule has 4 fully saturated rings. The van der Waals surface area contributed by atoms with Crippen molar-refractivity contribution >= 4 is 0 Å². The number of nitrogens with zero attached hydrogens (tertiary/aromatic N) is 1. The third kappa shape index (κ3) is 5.18. The summed E-state index contributed by atoms with van der Waals surface area (Å²) in [4.78, 5) is 1.81. The number of rotatable bonds is 0. The van der Waals surface area contributed by atoms with Gasteiger partial charge in [-0.25, -0.2) is 10.9 Å². The SMILES string of the molecule is NC1CC(C(F)(F)F)C2NC1C1NNC(O1)C(C(F)(F)F)CCCCC[C@@H]1COCCN21. The van der Waals surface area contributed by atoms with Crippen molar-refractivity contribution in [2.75, 3.05) is 19.8 Å². The second-order valence-corrected chi connectivity index (χ2v) is 9.20. The highest BCUT2D eigenvalue weighted by atomic mass is 19.4. The normalized spacial score (nSPS) is 42.8. The summed E-state index contributed by atoms with van der Waals surface area (Å²) >= 11 is 0. The molecule has 186 valence electrons. The highest BCUT2D eigenvalue weighted by Crippen LogP contribution is 2.40. The molecule has 0 aromatic rings. The minimum atomic E-state index is -4.47. The molecule has 0 radical (unpaired) electrons. The maximum Gasteiger partial charge on any atom is 0.395 e. The number of alkyl halides is 6. The molecular formula is C19H31F6N5O2. The van der Waals surface area contributed by atoms with Crippen LogP contribution in [0.2, 0.25) is 0 Å². The molecule has 4 heterocycles. The highest BCUT2D eigenvalue weighted by Gasteiger charge is 2.55. The Morgan fingerprint density at radius 3 is 2.28 bits per heavy atom. The highest BCUT2D eigenvalue weighted by molar-refractivity contribution is 5.01. The minimum absolute atomic E-state index is 0.0939. The van der Waals surface area contributed by atoms with Crippen molar-refractivity contribution in [1.29, 1.82) is 0 Å². The number of piperidine rings is 1. The average Bonchev–Trinajstić information content (AvgIpc) is 3.18. The van der Waals surface area contributed by atoms with Gasteiger partial charge in [0, 0.05) is 18.6 Å². The summed E-state index contributed by atoms with van der Waals surface area (Å²) in [5.41, 5.74) is 11.4. The lowest BCUT2D eigenvalue weighted by Gasteiger charge is -2.50. The topological polar surface area (TPSA) is 83.8 Å². The van der Waals surface area contributed by atoms with Crippen LogP contribution in [0.3, 0.4) is 0 Å². The van der Waals surface area contributed by atoms with Crippen molar-refractivity contribution in [3.8, 4) is 0 Å². The van der Waals surface area contributed by atoms with Crippen LogP contribution in [0.25, 0.3) is 0 Å². The quantitative estimate of drug-likeness (QED) is 0.398. The molecule has 8 atom stereocenters. The van der Waals surface area contributed by atoms with Crippen LogP contribution >= 0.6 is 0 Å². The van der Waals surface area contributed by atoms with Gasteiger partial charge in [-0.1, -0.05) is 19.3 Å². The van der Waals surface area contributed by atoms with Crippen molar-refractivity contribution in [3.05, 3.63) is 0 Å². The Labute approximate surface area is 182 Å². The third-order valence-corrected chi connectivity index (χ3v) is 7.11. The molecule has 5 N–H and O–H groups in total. The van der Waals surface area contributed by atoms with Gasteiger partial charge >= 0.3 is 12.4 Å². The summed E-state index contributed by atoms with van der Waals surface area (Å²) in [6.45, 7) is 0.963. The summed E-state index contributed by atoms with van der Waals surface area (Å²) in [5.74, 6) is -3.42. The third-order valence-electron chi connectivity index (χ3n) is 7.11. The minimum Gasteiger partial charge on any atom is -0.378 e. The second-order valence-electron chi connectivity index (χ2n) is 9.20. The van der Waals surface area contributed by atoms with Crippen LogP contribution < -0.4 is 21.9 Å². The fraction of sp³-hybridized carbons (Fsp3) is 1.00. The van der Waals surface area contributed by atoms with Gasteiger partial charge in [-0.05, 0) is 19.3 Å². The molecule has 13 heteroatoms. The summed E-state index contributed by atoms with van der Waals surface area (Å²) in [6, 6.07) is -1.99. The Kier molecular flexibility index (Phi) is 7.26. The van der Waals surface area contributed by atoms with Crippen LogP contribution in [0.1, 0.15) is 38.5 Å². The van der Waals surface area contributed by atoms with E-state index in [2.05, 4.69) is 16.2 Å². The van der Waals surface area contributed by atoms with Crippen LogP contribution in [0.15, 0.2) is 0 Å². The molecule has 0 amide bonds. The number of fused-ring (bicyclic) bond motifs is 7. The van der Waals surface area contributed by atoms with E-state index in [4.69, 9.17) is 15.2 Å². The lowest BCUT2D eigenvalue weighted by Crippen LogP contribution is -2.72. The molecule has 0 aromatic heterocycles. The molecule has 4 bridgehead atoms. The van der Waals surface area contributed by atoms with Gasteiger partial charge in [0.2, 0.25) is 0 Å². The zero-order valence-corrected chi connectivity index (χ0v) is 17.6.